The Morgan fingerprint density at radius 1 is 1.47 bits per heavy atom. The molecule has 0 spiro atoms. The Morgan fingerprint density at radius 3 is 2.95 bits per heavy atom. The fourth-order valence-electron chi connectivity index (χ4n) is 2.33. The zero-order chi connectivity index (χ0) is 13.8. The van der Waals surface area contributed by atoms with Gasteiger partial charge in [-0.15, -0.1) is 0 Å². The molecule has 2 rings (SSSR count). The fraction of sp³-hybridized carbons (Fsp3) is 0.500. The molecular formula is C12H16N4O3. The van der Waals surface area contributed by atoms with E-state index in [2.05, 4.69) is 15.3 Å². The summed E-state index contributed by atoms with van der Waals surface area (Å²) in [6.07, 6.45) is 5.12. The standard InChI is InChI=1S/C12H16N4O3/c1-13-11(17)9-4-2-3-5-16(9)10-8(12(18)19)6-14-7-15-10/h6-7,9H,2-5H2,1H3,(H,13,17)(H,18,19). The Balaban J connectivity index is 2.37. The van der Waals surface area contributed by atoms with Crippen molar-refractivity contribution < 1.29 is 14.7 Å². The van der Waals surface area contributed by atoms with Gasteiger partial charge in [-0.3, -0.25) is 4.79 Å². The molecule has 1 aliphatic rings. The Kier molecular flexibility index (Phi) is 3.94. The van der Waals surface area contributed by atoms with Crippen LogP contribution >= 0.6 is 0 Å². The van der Waals surface area contributed by atoms with Crippen LogP contribution in [0.4, 0.5) is 5.82 Å². The van der Waals surface area contributed by atoms with E-state index in [-0.39, 0.29) is 17.5 Å². The first-order valence-electron chi connectivity index (χ1n) is 6.16. The normalized spacial score (nSPS) is 19.0. The molecule has 1 atom stereocenters. The number of hydrogen-bond donors (Lipinski definition) is 2. The van der Waals surface area contributed by atoms with Gasteiger partial charge in [-0.2, -0.15) is 0 Å². The van der Waals surface area contributed by atoms with Crippen LogP contribution in [0.1, 0.15) is 29.6 Å². The summed E-state index contributed by atoms with van der Waals surface area (Å²) >= 11 is 0. The van der Waals surface area contributed by atoms with Crippen molar-refractivity contribution in [2.75, 3.05) is 18.5 Å². The van der Waals surface area contributed by atoms with E-state index in [1.54, 1.807) is 11.9 Å². The second kappa shape index (κ2) is 5.64. The first-order valence-corrected chi connectivity index (χ1v) is 6.16. The van der Waals surface area contributed by atoms with Crippen molar-refractivity contribution in [2.45, 2.75) is 25.3 Å². The van der Waals surface area contributed by atoms with Crippen LogP contribution in [0.25, 0.3) is 0 Å². The number of rotatable bonds is 3. The minimum Gasteiger partial charge on any atom is -0.477 e. The number of aromatic nitrogens is 2. The number of carboxylic acids is 1. The predicted octanol–water partition coefficient (Wildman–Crippen LogP) is 0.280. The van der Waals surface area contributed by atoms with E-state index in [1.165, 1.54) is 12.5 Å². The van der Waals surface area contributed by atoms with Crippen LogP contribution in [-0.4, -0.2) is 46.6 Å². The van der Waals surface area contributed by atoms with Crippen LogP contribution in [0, 0.1) is 0 Å². The molecule has 1 fully saturated rings. The SMILES string of the molecule is CNC(=O)C1CCCCN1c1ncncc1C(=O)O. The van der Waals surface area contributed by atoms with Gasteiger partial charge in [0.1, 0.15) is 23.8 Å². The van der Waals surface area contributed by atoms with Gasteiger partial charge in [0.2, 0.25) is 5.91 Å². The van der Waals surface area contributed by atoms with Crippen LogP contribution in [0.15, 0.2) is 12.5 Å². The molecule has 7 heteroatoms. The average Bonchev–Trinajstić information content (AvgIpc) is 2.46. The van der Waals surface area contributed by atoms with Crippen LogP contribution < -0.4 is 10.2 Å². The highest BCUT2D eigenvalue weighted by molar-refractivity contribution is 5.94. The molecule has 0 radical (unpaired) electrons. The summed E-state index contributed by atoms with van der Waals surface area (Å²) in [5.41, 5.74) is 0.0262. The van der Waals surface area contributed by atoms with Crippen molar-refractivity contribution in [3.05, 3.63) is 18.1 Å². The van der Waals surface area contributed by atoms with Crippen molar-refractivity contribution in [2.24, 2.45) is 0 Å². The Labute approximate surface area is 110 Å². The van der Waals surface area contributed by atoms with Gasteiger partial charge >= 0.3 is 5.97 Å². The first-order chi connectivity index (χ1) is 9.15. The lowest BCUT2D eigenvalue weighted by Gasteiger charge is -2.35. The molecule has 0 aliphatic carbocycles. The third-order valence-corrected chi connectivity index (χ3v) is 3.25. The molecule has 0 bridgehead atoms. The molecule has 0 saturated carbocycles. The van der Waals surface area contributed by atoms with E-state index >= 15 is 0 Å². The maximum absolute atomic E-state index is 11.9. The number of aromatic carboxylic acids is 1. The largest absolute Gasteiger partial charge is 0.477 e. The number of carbonyl (C=O) groups excluding carboxylic acids is 1. The van der Waals surface area contributed by atoms with Crippen LogP contribution in [0.3, 0.4) is 0 Å². The zero-order valence-corrected chi connectivity index (χ0v) is 10.7. The third kappa shape index (κ3) is 2.64. The van der Waals surface area contributed by atoms with E-state index in [0.29, 0.717) is 18.8 Å². The highest BCUT2D eigenvalue weighted by atomic mass is 16.4. The minimum absolute atomic E-state index is 0.0262. The first kappa shape index (κ1) is 13.3. The van der Waals surface area contributed by atoms with E-state index in [0.717, 1.165) is 12.8 Å². The second-order valence-corrected chi connectivity index (χ2v) is 4.38. The number of carboxylic acid groups (broad SMARTS) is 1. The topological polar surface area (TPSA) is 95.4 Å². The number of nitrogens with zero attached hydrogens (tertiary/aromatic N) is 3. The lowest BCUT2D eigenvalue weighted by Crippen LogP contribution is -2.49. The molecular weight excluding hydrogens is 248 g/mol. The molecule has 1 amide bonds. The maximum Gasteiger partial charge on any atom is 0.341 e. The number of nitrogens with one attached hydrogen (secondary N) is 1. The van der Waals surface area contributed by atoms with Crippen molar-refractivity contribution >= 4 is 17.7 Å². The van der Waals surface area contributed by atoms with E-state index < -0.39 is 5.97 Å². The van der Waals surface area contributed by atoms with Gasteiger partial charge in [-0.1, -0.05) is 0 Å². The number of hydrogen-bond acceptors (Lipinski definition) is 5. The number of piperidine rings is 1. The number of anilines is 1. The van der Waals surface area contributed by atoms with E-state index in [1.807, 2.05) is 0 Å². The van der Waals surface area contributed by atoms with Gasteiger partial charge in [0.15, 0.2) is 0 Å². The molecule has 1 aliphatic heterocycles. The molecule has 102 valence electrons. The third-order valence-electron chi connectivity index (χ3n) is 3.25. The quantitative estimate of drug-likeness (QED) is 0.814. The molecule has 1 unspecified atom stereocenters. The van der Waals surface area contributed by atoms with E-state index in [9.17, 15) is 14.7 Å². The smallest absolute Gasteiger partial charge is 0.341 e. The van der Waals surface area contributed by atoms with E-state index in [4.69, 9.17) is 0 Å². The summed E-state index contributed by atoms with van der Waals surface area (Å²) in [5, 5.41) is 11.8. The Morgan fingerprint density at radius 2 is 2.26 bits per heavy atom. The van der Waals surface area contributed by atoms with Gasteiger partial charge in [-0.05, 0) is 19.3 Å². The lowest BCUT2D eigenvalue weighted by atomic mass is 10.0. The molecule has 19 heavy (non-hydrogen) atoms. The summed E-state index contributed by atoms with van der Waals surface area (Å²) < 4.78 is 0. The molecule has 7 nitrogen and oxygen atoms in total. The summed E-state index contributed by atoms with van der Waals surface area (Å²) in [7, 11) is 1.58. The van der Waals surface area contributed by atoms with Crippen molar-refractivity contribution in [1.82, 2.24) is 15.3 Å². The molecule has 2 heterocycles. The summed E-state index contributed by atoms with van der Waals surface area (Å²) in [6, 6.07) is -0.369. The lowest BCUT2D eigenvalue weighted by molar-refractivity contribution is -0.122. The Hall–Kier alpha value is -2.18. The average molecular weight is 264 g/mol. The Bertz CT molecular complexity index is 492. The van der Waals surface area contributed by atoms with Crippen molar-refractivity contribution in [1.29, 1.82) is 0 Å². The van der Waals surface area contributed by atoms with Crippen LogP contribution in [-0.2, 0) is 4.79 Å². The number of amides is 1. The van der Waals surface area contributed by atoms with Gasteiger partial charge in [-0.25, -0.2) is 14.8 Å². The van der Waals surface area contributed by atoms with Crippen LogP contribution in [0.5, 0.6) is 0 Å². The molecule has 2 N–H and O–H groups in total. The number of carbonyl (C=O) groups is 2. The highest BCUT2D eigenvalue weighted by Gasteiger charge is 2.31. The fourth-order valence-corrected chi connectivity index (χ4v) is 2.33. The summed E-state index contributed by atoms with van der Waals surface area (Å²) in [4.78, 5) is 32.6. The predicted molar refractivity (Wildman–Crippen MR) is 68.0 cm³/mol. The molecule has 1 saturated heterocycles. The van der Waals surface area contributed by atoms with Gasteiger partial charge in [0.25, 0.3) is 0 Å². The van der Waals surface area contributed by atoms with Gasteiger partial charge < -0.3 is 15.3 Å². The minimum atomic E-state index is -1.09. The molecule has 0 aromatic carbocycles. The van der Waals surface area contributed by atoms with Crippen LogP contribution in [0.2, 0.25) is 0 Å². The van der Waals surface area contributed by atoms with Gasteiger partial charge in [0.05, 0.1) is 0 Å². The summed E-state index contributed by atoms with van der Waals surface area (Å²) in [6.45, 7) is 0.620. The number of likely N-dealkylation sites (N-methyl/N-ethyl adjacent to an activating group) is 1. The molecule has 1 aromatic heterocycles. The molecule has 1 aromatic rings. The van der Waals surface area contributed by atoms with Gasteiger partial charge in [0, 0.05) is 19.8 Å². The highest BCUT2D eigenvalue weighted by Crippen LogP contribution is 2.25. The summed E-state index contributed by atoms with van der Waals surface area (Å²) in [5.74, 6) is -0.887. The maximum atomic E-state index is 11.9. The monoisotopic (exact) mass is 264 g/mol. The second-order valence-electron chi connectivity index (χ2n) is 4.38. The zero-order valence-electron chi connectivity index (χ0n) is 10.7. The van der Waals surface area contributed by atoms with Crippen molar-refractivity contribution in [3.8, 4) is 0 Å². The van der Waals surface area contributed by atoms with Crippen molar-refractivity contribution in [3.63, 3.8) is 0 Å².